The van der Waals surface area contributed by atoms with Gasteiger partial charge in [-0.2, -0.15) is 0 Å². The third-order valence-electron chi connectivity index (χ3n) is 5.78. The number of anilines is 1. The molecule has 5 nitrogen and oxygen atoms in total. The van der Waals surface area contributed by atoms with Gasteiger partial charge in [-0.25, -0.2) is 9.97 Å². The predicted molar refractivity (Wildman–Crippen MR) is 101 cm³/mol. The zero-order chi connectivity index (χ0) is 16.7. The average molecular weight is 346 g/mol. The maximum Gasteiger partial charge on any atom is 0.138 e. The maximum atomic E-state index is 6.02. The Morgan fingerprint density at radius 1 is 1.21 bits per heavy atom. The van der Waals surface area contributed by atoms with Gasteiger partial charge in [0.1, 0.15) is 17.0 Å². The molecule has 2 aliphatic carbocycles. The number of nitrogens with two attached hydrogens (primary N) is 1. The molecule has 0 aromatic carbocycles. The Labute approximate surface area is 147 Å². The molecular formula is C18H27N5S. The summed E-state index contributed by atoms with van der Waals surface area (Å²) in [6.45, 7) is 0.723. The number of aromatic nitrogens is 2. The van der Waals surface area contributed by atoms with E-state index in [0.717, 1.165) is 29.7 Å². The standard InChI is InChI=1S/C18H27N5S/c1-23(2)13-6-4-12(5-7-13)22-17-16-15-11(9-19)3-8-14(15)24-18(16)21-10-20-17/h10-13H,3-9,19H2,1-2H3,(H,20,21,22). The summed E-state index contributed by atoms with van der Waals surface area (Å²) < 4.78 is 0. The topological polar surface area (TPSA) is 67.1 Å². The lowest BCUT2D eigenvalue weighted by Crippen LogP contribution is -2.36. The minimum atomic E-state index is 0.477. The van der Waals surface area contributed by atoms with Crippen LogP contribution >= 0.6 is 11.3 Å². The smallest absolute Gasteiger partial charge is 0.138 e. The number of hydrogen-bond acceptors (Lipinski definition) is 6. The van der Waals surface area contributed by atoms with E-state index in [0.29, 0.717) is 12.0 Å². The lowest BCUT2D eigenvalue weighted by molar-refractivity contribution is 0.221. The van der Waals surface area contributed by atoms with Gasteiger partial charge >= 0.3 is 0 Å². The molecule has 1 fully saturated rings. The highest BCUT2D eigenvalue weighted by Gasteiger charge is 2.29. The summed E-state index contributed by atoms with van der Waals surface area (Å²) in [7, 11) is 4.38. The van der Waals surface area contributed by atoms with Crippen LogP contribution in [0.25, 0.3) is 10.2 Å². The molecule has 1 atom stereocenters. The molecule has 6 heteroatoms. The van der Waals surface area contributed by atoms with Crippen molar-refractivity contribution in [3.8, 4) is 0 Å². The monoisotopic (exact) mass is 345 g/mol. The number of thiophene rings is 1. The number of nitrogens with one attached hydrogen (secondary N) is 1. The molecule has 2 aromatic rings. The van der Waals surface area contributed by atoms with Gasteiger partial charge in [0.25, 0.3) is 0 Å². The Morgan fingerprint density at radius 2 is 2.00 bits per heavy atom. The number of hydrogen-bond donors (Lipinski definition) is 2. The van der Waals surface area contributed by atoms with Crippen LogP contribution in [0.15, 0.2) is 6.33 Å². The van der Waals surface area contributed by atoms with Crippen molar-refractivity contribution < 1.29 is 0 Å². The first kappa shape index (κ1) is 16.2. The fraction of sp³-hybridized carbons (Fsp3) is 0.667. The summed E-state index contributed by atoms with van der Waals surface area (Å²) in [6, 6.07) is 1.24. The maximum absolute atomic E-state index is 6.02. The van der Waals surface area contributed by atoms with E-state index in [4.69, 9.17) is 5.73 Å². The first-order valence-corrected chi connectivity index (χ1v) is 9.88. The second-order valence-corrected chi connectivity index (χ2v) is 8.51. The van der Waals surface area contributed by atoms with Crippen LogP contribution in [0.2, 0.25) is 0 Å². The summed E-state index contributed by atoms with van der Waals surface area (Å²) in [5, 5.41) is 4.99. The van der Waals surface area contributed by atoms with Crippen molar-refractivity contribution in [2.45, 2.75) is 56.5 Å². The van der Waals surface area contributed by atoms with E-state index in [9.17, 15) is 0 Å². The number of nitrogens with zero attached hydrogens (tertiary/aromatic N) is 3. The van der Waals surface area contributed by atoms with Gasteiger partial charge in [0.05, 0.1) is 5.39 Å². The predicted octanol–water partition coefficient (Wildman–Crippen LogP) is 2.96. The van der Waals surface area contributed by atoms with Crippen molar-refractivity contribution in [2.75, 3.05) is 26.0 Å². The Hall–Kier alpha value is -1.24. The Bertz CT molecular complexity index is 718. The number of aryl methyl sites for hydroxylation is 1. The molecule has 0 bridgehead atoms. The van der Waals surface area contributed by atoms with E-state index >= 15 is 0 Å². The molecular weight excluding hydrogens is 318 g/mol. The summed E-state index contributed by atoms with van der Waals surface area (Å²) >= 11 is 1.83. The van der Waals surface area contributed by atoms with Gasteiger partial charge in [0.2, 0.25) is 0 Å². The van der Waals surface area contributed by atoms with E-state index in [-0.39, 0.29) is 0 Å². The second-order valence-electron chi connectivity index (χ2n) is 7.43. The van der Waals surface area contributed by atoms with E-state index in [1.807, 2.05) is 11.3 Å². The molecule has 0 radical (unpaired) electrons. The normalized spacial score (nSPS) is 26.9. The van der Waals surface area contributed by atoms with Crippen molar-refractivity contribution >= 4 is 27.4 Å². The van der Waals surface area contributed by atoms with Crippen LogP contribution in [0.1, 0.15) is 48.5 Å². The fourth-order valence-electron chi connectivity index (χ4n) is 4.34. The third-order valence-corrected chi connectivity index (χ3v) is 6.96. The van der Waals surface area contributed by atoms with Gasteiger partial charge in [0, 0.05) is 17.0 Å². The summed E-state index contributed by atoms with van der Waals surface area (Å²) in [6.07, 6.45) is 8.96. The Kier molecular flexibility index (Phi) is 4.45. The van der Waals surface area contributed by atoms with Crippen molar-refractivity contribution in [1.82, 2.24) is 14.9 Å². The van der Waals surface area contributed by atoms with Crippen molar-refractivity contribution in [1.29, 1.82) is 0 Å². The quantitative estimate of drug-likeness (QED) is 0.892. The Morgan fingerprint density at radius 3 is 2.71 bits per heavy atom. The zero-order valence-corrected chi connectivity index (χ0v) is 15.4. The number of rotatable bonds is 4. The lowest BCUT2D eigenvalue weighted by Gasteiger charge is -2.33. The van der Waals surface area contributed by atoms with Crippen LogP contribution in [0.3, 0.4) is 0 Å². The molecule has 2 aromatic heterocycles. The van der Waals surface area contributed by atoms with Gasteiger partial charge in [-0.3, -0.25) is 0 Å². The van der Waals surface area contributed by atoms with Crippen LogP contribution in [-0.2, 0) is 6.42 Å². The fourth-order valence-corrected chi connectivity index (χ4v) is 5.58. The Balaban J connectivity index is 1.59. The van der Waals surface area contributed by atoms with Crippen LogP contribution in [0, 0.1) is 0 Å². The molecule has 1 unspecified atom stereocenters. The van der Waals surface area contributed by atoms with Crippen molar-refractivity contribution in [3.63, 3.8) is 0 Å². The van der Waals surface area contributed by atoms with E-state index in [1.54, 1.807) is 6.33 Å². The van der Waals surface area contributed by atoms with Gasteiger partial charge < -0.3 is 16.0 Å². The molecule has 2 heterocycles. The summed E-state index contributed by atoms with van der Waals surface area (Å²) in [5.41, 5.74) is 7.45. The van der Waals surface area contributed by atoms with Crippen molar-refractivity contribution in [2.24, 2.45) is 5.73 Å². The molecule has 0 spiro atoms. The average Bonchev–Trinajstić information content (AvgIpc) is 3.14. The summed E-state index contributed by atoms with van der Waals surface area (Å²) in [4.78, 5) is 14.1. The van der Waals surface area contributed by atoms with Crippen LogP contribution in [0.5, 0.6) is 0 Å². The highest BCUT2D eigenvalue weighted by Crippen LogP contribution is 2.45. The molecule has 24 heavy (non-hydrogen) atoms. The summed E-state index contributed by atoms with van der Waals surface area (Å²) in [5.74, 6) is 1.51. The molecule has 2 aliphatic rings. The SMILES string of the molecule is CN(C)C1CCC(Nc2ncnc3sc4c(c23)C(CN)CC4)CC1. The minimum absolute atomic E-state index is 0.477. The van der Waals surface area contributed by atoms with E-state index in [2.05, 4.69) is 34.3 Å². The molecule has 3 N–H and O–H groups in total. The zero-order valence-electron chi connectivity index (χ0n) is 14.6. The first-order valence-electron chi connectivity index (χ1n) is 9.06. The van der Waals surface area contributed by atoms with Gasteiger partial charge in [-0.15, -0.1) is 11.3 Å². The highest BCUT2D eigenvalue weighted by atomic mass is 32.1. The molecule has 0 saturated heterocycles. The highest BCUT2D eigenvalue weighted by molar-refractivity contribution is 7.19. The van der Waals surface area contributed by atoms with Crippen molar-refractivity contribution in [3.05, 3.63) is 16.8 Å². The van der Waals surface area contributed by atoms with E-state index < -0.39 is 0 Å². The molecule has 4 rings (SSSR count). The largest absolute Gasteiger partial charge is 0.367 e. The van der Waals surface area contributed by atoms with Gasteiger partial charge in [-0.05, 0) is 70.6 Å². The van der Waals surface area contributed by atoms with Gasteiger partial charge in [-0.1, -0.05) is 0 Å². The molecule has 1 saturated carbocycles. The lowest BCUT2D eigenvalue weighted by atomic mass is 9.90. The van der Waals surface area contributed by atoms with Gasteiger partial charge in [0.15, 0.2) is 0 Å². The van der Waals surface area contributed by atoms with E-state index in [1.165, 1.54) is 47.9 Å². The molecule has 130 valence electrons. The molecule has 0 amide bonds. The minimum Gasteiger partial charge on any atom is -0.367 e. The molecule has 0 aliphatic heterocycles. The van der Waals surface area contributed by atoms with Crippen LogP contribution in [0.4, 0.5) is 5.82 Å². The first-order chi connectivity index (χ1) is 11.7. The van der Waals surface area contributed by atoms with Crippen LogP contribution < -0.4 is 11.1 Å². The third kappa shape index (κ3) is 2.80. The number of fused-ring (bicyclic) bond motifs is 3. The second kappa shape index (κ2) is 6.58. The van der Waals surface area contributed by atoms with Crippen LogP contribution in [-0.4, -0.2) is 47.6 Å².